The number of nitrogen functional groups attached to an aromatic ring is 1. The molecular formula is C26H35FN7O7P. The zero-order chi connectivity index (χ0) is 30.7. The van der Waals surface area contributed by atoms with Crippen molar-refractivity contribution in [2.24, 2.45) is 0 Å². The number of carbonyl (C=O) groups is 1. The molecule has 3 aromatic rings. The van der Waals surface area contributed by atoms with Gasteiger partial charge in [-0.25, -0.2) is 18.9 Å². The summed E-state index contributed by atoms with van der Waals surface area (Å²) in [6.45, 7) is 5.39. The van der Waals surface area contributed by atoms with Crippen molar-refractivity contribution in [3.8, 4) is 17.1 Å². The fourth-order valence-electron chi connectivity index (χ4n) is 4.27. The maximum Gasteiger partial charge on any atom is 0.459 e. The lowest BCUT2D eigenvalue weighted by molar-refractivity contribution is -0.149. The summed E-state index contributed by atoms with van der Waals surface area (Å²) in [5, 5.41) is 16.4. The molecule has 4 rings (SSSR count). The van der Waals surface area contributed by atoms with Crippen LogP contribution in [0.3, 0.4) is 0 Å². The first kappa shape index (κ1) is 31.3. The van der Waals surface area contributed by atoms with Crippen LogP contribution in [-0.2, 0) is 23.4 Å². The van der Waals surface area contributed by atoms with Gasteiger partial charge in [-0.05, 0) is 39.8 Å². The summed E-state index contributed by atoms with van der Waals surface area (Å²) in [7, 11) is -2.63. The molecule has 0 radical (unpaired) electrons. The van der Waals surface area contributed by atoms with Crippen molar-refractivity contribution < 1.29 is 37.4 Å². The molecular weight excluding hydrogens is 572 g/mol. The Hall–Kier alpha value is -3.62. The van der Waals surface area contributed by atoms with E-state index in [0.717, 1.165) is 0 Å². The second kappa shape index (κ2) is 12.7. The number of aliphatic hydroxyl groups excluding tert-OH is 1. The van der Waals surface area contributed by atoms with Crippen LogP contribution < -0.4 is 20.7 Å². The van der Waals surface area contributed by atoms with Crippen molar-refractivity contribution in [1.29, 1.82) is 0 Å². The summed E-state index contributed by atoms with van der Waals surface area (Å²) in [4.78, 5) is 24.8. The van der Waals surface area contributed by atoms with E-state index in [9.17, 15) is 14.5 Å². The molecule has 228 valence electrons. The van der Waals surface area contributed by atoms with Crippen LogP contribution in [0.5, 0.6) is 5.75 Å². The Morgan fingerprint density at radius 3 is 2.67 bits per heavy atom. The van der Waals surface area contributed by atoms with Gasteiger partial charge in [0.25, 0.3) is 0 Å². The predicted octanol–water partition coefficient (Wildman–Crippen LogP) is 3.08. The van der Waals surface area contributed by atoms with E-state index in [4.69, 9.17) is 24.3 Å². The standard InChI is InChI=1S/C26H35FN7O7P/c1-15(2)39-23(36)16(3)33-42(37,41-17-9-7-6-8-10-17)38-13-20-22(35)26(4,27)24(40-20)34-14-30-12-19(34)18-11-21(29-5)32-25(28)31-18/h6-12,14-16,20,22,24,35H,13H2,1-5H3,(H,33,37)(H3,28,29,31,32)/t16-,20+,22-,24+,26?,42-/m0/s1. The van der Waals surface area contributed by atoms with Crippen molar-refractivity contribution in [1.82, 2.24) is 24.6 Å². The average Bonchev–Trinajstić information content (AvgIpc) is 3.49. The number of aliphatic hydroxyl groups is 1. The van der Waals surface area contributed by atoms with E-state index in [2.05, 4.69) is 25.4 Å². The molecule has 0 spiro atoms. The Bertz CT molecular complexity index is 1420. The molecule has 0 bridgehead atoms. The number of hydrogen-bond donors (Lipinski definition) is 4. The molecule has 1 aliphatic rings. The minimum absolute atomic E-state index is 0.0144. The zero-order valence-electron chi connectivity index (χ0n) is 23.8. The SMILES string of the molecule is CNc1cc(-c2cncn2[C@@H]2O[C@H](CO[P@@](=O)(N[C@@H](C)C(=O)OC(C)C)Oc3ccccc3)[C@H](O)C2(C)F)nc(N)n1. The molecule has 0 amide bonds. The number of nitrogens with zero attached hydrogens (tertiary/aromatic N) is 4. The van der Waals surface area contributed by atoms with Crippen LogP contribution in [0, 0.1) is 0 Å². The second-order valence-corrected chi connectivity index (χ2v) is 11.8. The van der Waals surface area contributed by atoms with E-state index in [0.29, 0.717) is 17.2 Å². The molecule has 1 aromatic carbocycles. The maximum atomic E-state index is 16.1. The first-order chi connectivity index (χ1) is 19.8. The maximum absolute atomic E-state index is 16.1. The highest BCUT2D eigenvalue weighted by atomic mass is 31.2. The normalized spacial score (nSPS) is 24.2. The van der Waals surface area contributed by atoms with Crippen LogP contribution >= 0.6 is 7.75 Å². The highest BCUT2D eigenvalue weighted by Crippen LogP contribution is 2.48. The van der Waals surface area contributed by atoms with Gasteiger partial charge in [-0.3, -0.25) is 13.9 Å². The fourth-order valence-corrected chi connectivity index (χ4v) is 5.77. The number of benzene rings is 1. The third kappa shape index (κ3) is 7.05. The van der Waals surface area contributed by atoms with Crippen molar-refractivity contribution in [3.05, 3.63) is 48.9 Å². The number of rotatable bonds is 12. The largest absolute Gasteiger partial charge is 0.462 e. The third-order valence-electron chi connectivity index (χ3n) is 6.33. The number of imidazole rings is 1. The smallest absolute Gasteiger partial charge is 0.459 e. The molecule has 1 unspecified atom stereocenters. The molecule has 1 aliphatic heterocycles. The summed E-state index contributed by atoms with van der Waals surface area (Å²) in [6, 6.07) is 8.65. The number of para-hydroxylation sites is 1. The number of nitrogens with two attached hydrogens (primary N) is 1. The lowest BCUT2D eigenvalue weighted by Gasteiger charge is -2.26. The number of aromatic nitrogens is 4. The van der Waals surface area contributed by atoms with Gasteiger partial charge < -0.3 is 30.2 Å². The molecule has 6 atom stereocenters. The van der Waals surface area contributed by atoms with Crippen molar-refractivity contribution >= 4 is 25.5 Å². The van der Waals surface area contributed by atoms with Gasteiger partial charge in [-0.1, -0.05) is 18.2 Å². The van der Waals surface area contributed by atoms with Gasteiger partial charge in [0.2, 0.25) is 5.95 Å². The molecule has 0 saturated carbocycles. The molecule has 2 aromatic heterocycles. The highest BCUT2D eigenvalue weighted by molar-refractivity contribution is 7.52. The van der Waals surface area contributed by atoms with E-state index >= 15 is 4.39 Å². The quantitative estimate of drug-likeness (QED) is 0.174. The molecule has 5 N–H and O–H groups in total. The van der Waals surface area contributed by atoms with Crippen LogP contribution in [0.2, 0.25) is 0 Å². The molecule has 42 heavy (non-hydrogen) atoms. The summed E-state index contributed by atoms with van der Waals surface area (Å²) < 4.78 is 53.6. The number of anilines is 2. The van der Waals surface area contributed by atoms with Gasteiger partial charge in [0.1, 0.15) is 29.8 Å². The van der Waals surface area contributed by atoms with Crippen LogP contribution in [0.4, 0.5) is 16.2 Å². The fraction of sp³-hybridized carbons (Fsp3) is 0.462. The predicted molar refractivity (Wildman–Crippen MR) is 151 cm³/mol. The third-order valence-corrected chi connectivity index (χ3v) is 7.98. The van der Waals surface area contributed by atoms with E-state index in [1.54, 1.807) is 57.3 Å². The molecule has 1 saturated heterocycles. The van der Waals surface area contributed by atoms with E-state index in [-0.39, 0.29) is 11.7 Å². The van der Waals surface area contributed by atoms with Crippen LogP contribution in [-0.4, -0.2) is 74.3 Å². The van der Waals surface area contributed by atoms with Gasteiger partial charge >= 0.3 is 13.7 Å². The van der Waals surface area contributed by atoms with Crippen LogP contribution in [0.25, 0.3) is 11.4 Å². The second-order valence-electron chi connectivity index (χ2n) is 10.1. The lowest BCUT2D eigenvalue weighted by atomic mass is 9.98. The summed E-state index contributed by atoms with van der Waals surface area (Å²) in [5.74, 6) is -0.0787. The Labute approximate surface area is 242 Å². The highest BCUT2D eigenvalue weighted by Gasteiger charge is 2.56. The van der Waals surface area contributed by atoms with Crippen LogP contribution in [0.15, 0.2) is 48.9 Å². The number of carbonyl (C=O) groups excluding carboxylic acids is 1. The Kier molecular flexibility index (Phi) is 9.48. The average molecular weight is 608 g/mol. The number of nitrogens with one attached hydrogen (secondary N) is 2. The van der Waals surface area contributed by atoms with Crippen molar-refractivity contribution in [2.75, 3.05) is 24.7 Å². The van der Waals surface area contributed by atoms with Crippen molar-refractivity contribution in [3.63, 3.8) is 0 Å². The number of hydrogen-bond acceptors (Lipinski definition) is 12. The molecule has 3 heterocycles. The first-order valence-corrected chi connectivity index (χ1v) is 14.7. The molecule has 1 fully saturated rings. The Morgan fingerprint density at radius 2 is 2.00 bits per heavy atom. The topological polar surface area (TPSA) is 185 Å². The molecule has 16 heteroatoms. The number of halogens is 1. The zero-order valence-corrected chi connectivity index (χ0v) is 24.7. The minimum Gasteiger partial charge on any atom is -0.462 e. The van der Waals surface area contributed by atoms with Gasteiger partial charge in [-0.15, -0.1) is 0 Å². The van der Waals surface area contributed by atoms with Gasteiger partial charge in [0.05, 0.1) is 36.6 Å². The van der Waals surface area contributed by atoms with E-state index < -0.39 is 56.6 Å². The number of alkyl halides is 1. The molecule has 0 aliphatic carbocycles. The monoisotopic (exact) mass is 607 g/mol. The Balaban J connectivity index is 1.55. The Morgan fingerprint density at radius 1 is 1.29 bits per heavy atom. The number of ether oxygens (including phenoxy) is 2. The first-order valence-electron chi connectivity index (χ1n) is 13.2. The van der Waals surface area contributed by atoms with Gasteiger partial charge in [0, 0.05) is 13.1 Å². The minimum atomic E-state index is -4.29. The summed E-state index contributed by atoms with van der Waals surface area (Å²) >= 11 is 0. The van der Waals surface area contributed by atoms with Crippen molar-refractivity contribution in [2.45, 2.75) is 63.9 Å². The number of esters is 1. The van der Waals surface area contributed by atoms with Gasteiger partial charge in [0.15, 0.2) is 11.9 Å². The van der Waals surface area contributed by atoms with E-state index in [1.165, 1.54) is 30.9 Å². The molecule has 14 nitrogen and oxygen atoms in total. The van der Waals surface area contributed by atoms with Gasteiger partial charge in [-0.2, -0.15) is 10.1 Å². The lowest BCUT2D eigenvalue weighted by Crippen LogP contribution is -2.41. The summed E-state index contributed by atoms with van der Waals surface area (Å²) in [6.07, 6.45) is -2.02. The van der Waals surface area contributed by atoms with Crippen LogP contribution in [0.1, 0.15) is 33.9 Å². The summed E-state index contributed by atoms with van der Waals surface area (Å²) in [5.41, 5.74) is 4.17. The van der Waals surface area contributed by atoms with E-state index in [1.807, 2.05) is 0 Å².